The molecule has 6 nitrogen and oxygen atoms in total. The van der Waals surface area contributed by atoms with Crippen molar-refractivity contribution in [2.75, 3.05) is 13.2 Å². The van der Waals surface area contributed by atoms with Gasteiger partial charge >= 0.3 is 17.9 Å². The lowest BCUT2D eigenvalue weighted by Crippen LogP contribution is -2.30. The Kier molecular flexibility index (Phi) is 54.4. The van der Waals surface area contributed by atoms with Gasteiger partial charge in [-0.25, -0.2) is 0 Å². The molecular weight excluding hydrogens is 865 g/mol. The van der Waals surface area contributed by atoms with Crippen LogP contribution in [-0.2, 0) is 28.6 Å². The molecule has 1 atom stereocenters. The molecule has 0 radical (unpaired) electrons. The molecule has 0 fully saturated rings. The molecule has 0 heterocycles. The van der Waals surface area contributed by atoms with Crippen LogP contribution in [0.5, 0.6) is 0 Å². The van der Waals surface area contributed by atoms with Crippen molar-refractivity contribution in [3.8, 4) is 0 Å². The molecule has 0 amide bonds. The summed E-state index contributed by atoms with van der Waals surface area (Å²) >= 11 is 0. The minimum atomic E-state index is -0.825. The molecule has 0 aromatic heterocycles. The molecule has 1 unspecified atom stereocenters. The Balaban J connectivity index is 4.55. The monoisotopic (exact) mass is 971 g/mol. The summed E-state index contributed by atoms with van der Waals surface area (Å²) in [5.41, 5.74) is 0. The van der Waals surface area contributed by atoms with E-state index in [4.69, 9.17) is 14.2 Å². The zero-order valence-electron chi connectivity index (χ0n) is 45.5. The molecule has 0 aliphatic heterocycles. The van der Waals surface area contributed by atoms with Gasteiger partial charge in [0.25, 0.3) is 0 Å². The second-order valence-corrected chi connectivity index (χ2v) is 18.9. The van der Waals surface area contributed by atoms with Crippen LogP contribution in [0.2, 0.25) is 0 Å². The van der Waals surface area contributed by atoms with Crippen molar-refractivity contribution in [1.82, 2.24) is 0 Å². The van der Waals surface area contributed by atoms with Crippen LogP contribution >= 0.6 is 0 Å². The van der Waals surface area contributed by atoms with Crippen LogP contribution in [0.25, 0.3) is 0 Å². The van der Waals surface area contributed by atoms with Crippen molar-refractivity contribution >= 4 is 17.9 Å². The van der Waals surface area contributed by atoms with E-state index in [0.717, 1.165) is 109 Å². The molecule has 0 spiro atoms. The third-order valence-electron chi connectivity index (χ3n) is 12.0. The van der Waals surface area contributed by atoms with Gasteiger partial charge in [-0.05, 0) is 103 Å². The van der Waals surface area contributed by atoms with E-state index in [1.807, 2.05) is 12.2 Å². The highest BCUT2D eigenvalue weighted by Gasteiger charge is 2.19. The third kappa shape index (κ3) is 55.0. The Morgan fingerprint density at radius 3 is 1.01 bits per heavy atom. The van der Waals surface area contributed by atoms with Crippen molar-refractivity contribution in [1.29, 1.82) is 0 Å². The fourth-order valence-corrected chi connectivity index (χ4v) is 7.71. The number of hydrogen-bond acceptors (Lipinski definition) is 6. The normalized spacial score (nSPS) is 12.9. The van der Waals surface area contributed by atoms with E-state index >= 15 is 0 Å². The van der Waals surface area contributed by atoms with Crippen molar-refractivity contribution < 1.29 is 28.6 Å². The van der Waals surface area contributed by atoms with E-state index in [1.54, 1.807) is 0 Å². The third-order valence-corrected chi connectivity index (χ3v) is 12.0. The maximum Gasteiger partial charge on any atom is 0.306 e. The largest absolute Gasteiger partial charge is 0.462 e. The van der Waals surface area contributed by atoms with Crippen LogP contribution in [0, 0.1) is 0 Å². The molecule has 0 aliphatic carbocycles. The quantitative estimate of drug-likeness (QED) is 0.0199. The Morgan fingerprint density at radius 2 is 0.629 bits per heavy atom. The average Bonchev–Trinajstić information content (AvgIpc) is 3.36. The molecule has 0 saturated carbocycles. The highest BCUT2D eigenvalue weighted by atomic mass is 16.6. The predicted molar refractivity (Wildman–Crippen MR) is 302 cm³/mol. The number of unbranched alkanes of at least 4 members (excludes halogenated alkanes) is 24. The summed E-state index contributed by atoms with van der Waals surface area (Å²) in [4.78, 5) is 38.1. The van der Waals surface area contributed by atoms with Gasteiger partial charge in [0.15, 0.2) is 6.10 Å². The molecule has 398 valence electrons. The van der Waals surface area contributed by atoms with E-state index in [0.29, 0.717) is 12.8 Å². The number of ether oxygens (including phenoxy) is 3. The summed E-state index contributed by atoms with van der Waals surface area (Å²) in [6, 6.07) is 0. The van der Waals surface area contributed by atoms with Gasteiger partial charge in [0, 0.05) is 19.3 Å². The van der Waals surface area contributed by atoms with Gasteiger partial charge in [-0.3, -0.25) is 14.4 Å². The molecule has 0 bridgehead atoms. The van der Waals surface area contributed by atoms with Gasteiger partial charge in [-0.15, -0.1) is 0 Å². The van der Waals surface area contributed by atoms with Crippen molar-refractivity contribution in [2.45, 2.75) is 264 Å². The summed E-state index contributed by atoms with van der Waals surface area (Å²) in [5.74, 6) is -1.03. The first kappa shape index (κ1) is 66.1. The SMILES string of the molecule is CC/C=C\C/C=C\C/C=C\C/C=C\C/C=C\CCC(=O)OCC(COC(=O)CCCCCCC/C=C\C=C/CCCCCCCCC)OC(=O)CCCCCCC/C=C\C=C/CCCCCCCCC. The smallest absolute Gasteiger partial charge is 0.306 e. The topological polar surface area (TPSA) is 78.9 Å². The zero-order chi connectivity index (χ0) is 50.7. The van der Waals surface area contributed by atoms with Crippen molar-refractivity contribution in [2.24, 2.45) is 0 Å². The van der Waals surface area contributed by atoms with Gasteiger partial charge in [0.05, 0.1) is 0 Å². The second-order valence-electron chi connectivity index (χ2n) is 18.9. The minimum Gasteiger partial charge on any atom is -0.462 e. The standard InChI is InChI=1S/C64H106O6/c1-4-7-10-13-16-19-22-25-28-31-33-36-39-42-45-48-51-54-57-63(66)69-60-61(59-68-62(65)56-53-50-47-44-41-38-35-30-27-24-21-18-15-12-9-6-3)70-64(67)58-55-52-49-46-43-40-37-34-32-29-26-23-20-17-14-11-8-5-2/h9,12,18,21,27-34,36-38,41,47,50,61H,4-8,10-11,13-17,19-20,22-26,35,39-40,42-46,48-49,51-60H2,1-3H3/b12-9-,21-18-,30-27-,31-28-,32-29-,36-33-,37-34-,41-38-,50-47-. The minimum absolute atomic E-state index is 0.117. The van der Waals surface area contributed by atoms with E-state index < -0.39 is 6.10 Å². The Bertz CT molecular complexity index is 1440. The van der Waals surface area contributed by atoms with Crippen LogP contribution in [-0.4, -0.2) is 37.2 Å². The molecular formula is C64H106O6. The molecule has 0 N–H and O–H groups in total. The summed E-state index contributed by atoms with van der Waals surface area (Å²) < 4.78 is 16.8. The maximum absolute atomic E-state index is 12.9. The zero-order valence-corrected chi connectivity index (χ0v) is 45.5. The van der Waals surface area contributed by atoms with Gasteiger partial charge in [-0.1, -0.05) is 246 Å². The van der Waals surface area contributed by atoms with Crippen LogP contribution in [0.1, 0.15) is 258 Å². The molecule has 0 aromatic carbocycles. The molecule has 0 rings (SSSR count). The Hall–Kier alpha value is -3.93. The van der Waals surface area contributed by atoms with E-state index in [1.165, 1.54) is 103 Å². The Labute approximate surface area is 431 Å². The fourth-order valence-electron chi connectivity index (χ4n) is 7.71. The van der Waals surface area contributed by atoms with Gasteiger partial charge in [0.1, 0.15) is 13.2 Å². The van der Waals surface area contributed by atoms with Gasteiger partial charge < -0.3 is 14.2 Å². The number of carbonyl (C=O) groups is 3. The average molecular weight is 972 g/mol. The molecule has 6 heteroatoms. The highest BCUT2D eigenvalue weighted by Crippen LogP contribution is 2.13. The lowest BCUT2D eigenvalue weighted by atomic mass is 10.1. The van der Waals surface area contributed by atoms with Crippen LogP contribution in [0.15, 0.2) is 109 Å². The van der Waals surface area contributed by atoms with E-state index in [2.05, 4.69) is 118 Å². The lowest BCUT2D eigenvalue weighted by molar-refractivity contribution is -0.166. The van der Waals surface area contributed by atoms with Crippen LogP contribution in [0.4, 0.5) is 0 Å². The van der Waals surface area contributed by atoms with Crippen LogP contribution in [0.3, 0.4) is 0 Å². The molecule has 0 aliphatic rings. The highest BCUT2D eigenvalue weighted by molar-refractivity contribution is 5.71. The van der Waals surface area contributed by atoms with Crippen molar-refractivity contribution in [3.63, 3.8) is 0 Å². The number of carbonyl (C=O) groups excluding carboxylic acids is 3. The van der Waals surface area contributed by atoms with E-state index in [9.17, 15) is 14.4 Å². The first-order chi connectivity index (χ1) is 34.5. The number of allylic oxidation sites excluding steroid dienone is 18. The first-order valence-electron chi connectivity index (χ1n) is 28.9. The summed E-state index contributed by atoms with van der Waals surface area (Å²) in [7, 11) is 0. The maximum atomic E-state index is 12.9. The van der Waals surface area contributed by atoms with E-state index in [-0.39, 0.29) is 44.0 Å². The number of esters is 3. The predicted octanol–water partition coefficient (Wildman–Crippen LogP) is 19.5. The molecule has 0 aromatic rings. The molecule has 0 saturated heterocycles. The summed E-state index contributed by atoms with van der Waals surface area (Å²) in [6.07, 6.45) is 78.0. The number of rotatable bonds is 51. The second kappa shape index (κ2) is 57.6. The fraction of sp³-hybridized carbons (Fsp3) is 0.672. The molecule has 70 heavy (non-hydrogen) atoms. The summed E-state index contributed by atoms with van der Waals surface area (Å²) in [5, 5.41) is 0. The van der Waals surface area contributed by atoms with Gasteiger partial charge in [-0.2, -0.15) is 0 Å². The lowest BCUT2D eigenvalue weighted by Gasteiger charge is -2.18. The first-order valence-corrected chi connectivity index (χ1v) is 28.9. The van der Waals surface area contributed by atoms with Crippen molar-refractivity contribution in [3.05, 3.63) is 109 Å². The summed E-state index contributed by atoms with van der Waals surface area (Å²) in [6.45, 7) is 6.43. The Morgan fingerprint density at radius 1 is 0.314 bits per heavy atom. The van der Waals surface area contributed by atoms with Gasteiger partial charge in [0.2, 0.25) is 0 Å². The number of hydrogen-bond donors (Lipinski definition) is 0. The van der Waals surface area contributed by atoms with Crippen LogP contribution < -0.4 is 0 Å².